The zero-order valence-corrected chi connectivity index (χ0v) is 27.0. The highest BCUT2D eigenvalue weighted by atomic mass is 15.0. The van der Waals surface area contributed by atoms with Crippen molar-refractivity contribution in [3.05, 3.63) is 162 Å². The highest BCUT2D eigenvalue weighted by molar-refractivity contribution is 5.91. The van der Waals surface area contributed by atoms with Gasteiger partial charge in [-0.25, -0.2) is 15.0 Å². The van der Waals surface area contributed by atoms with Crippen LogP contribution in [0.3, 0.4) is 0 Å². The van der Waals surface area contributed by atoms with Crippen molar-refractivity contribution in [3.8, 4) is 73.6 Å². The molecule has 1 spiro atoms. The molecule has 0 aliphatic heterocycles. The van der Waals surface area contributed by atoms with E-state index >= 15 is 0 Å². The monoisotopic (exact) mass is 628 g/mol. The van der Waals surface area contributed by atoms with Gasteiger partial charge in [0.05, 0.1) is 11.6 Å². The molecule has 0 unspecified atom stereocenters. The molecule has 1 heterocycles. The van der Waals surface area contributed by atoms with Crippen LogP contribution in [-0.4, -0.2) is 15.0 Å². The molecule has 1 fully saturated rings. The maximum atomic E-state index is 9.42. The minimum atomic E-state index is -0.0474. The number of nitrogens with zero attached hydrogens (tertiary/aromatic N) is 4. The van der Waals surface area contributed by atoms with Crippen LogP contribution in [0.15, 0.2) is 146 Å². The molecular weight excluding hydrogens is 597 g/mol. The molecular formula is C45H32N4. The zero-order chi connectivity index (χ0) is 32.8. The summed E-state index contributed by atoms with van der Waals surface area (Å²) in [5.74, 6) is 1.97. The summed E-state index contributed by atoms with van der Waals surface area (Å²) in [6.45, 7) is 0. The molecule has 0 bridgehead atoms. The Morgan fingerprint density at radius 2 is 1.00 bits per heavy atom. The lowest BCUT2D eigenvalue weighted by Gasteiger charge is -2.29. The van der Waals surface area contributed by atoms with E-state index in [0.29, 0.717) is 23.0 Å². The second-order valence-corrected chi connectivity index (χ2v) is 13.1. The van der Waals surface area contributed by atoms with E-state index in [2.05, 4.69) is 78.9 Å². The highest BCUT2D eigenvalue weighted by Crippen LogP contribution is 2.59. The van der Waals surface area contributed by atoms with E-state index in [1.54, 1.807) is 0 Å². The van der Waals surface area contributed by atoms with Gasteiger partial charge in [0.25, 0.3) is 0 Å². The van der Waals surface area contributed by atoms with Crippen LogP contribution in [0, 0.1) is 11.3 Å². The summed E-state index contributed by atoms with van der Waals surface area (Å²) >= 11 is 0. The Labute approximate surface area is 286 Å². The summed E-state index contributed by atoms with van der Waals surface area (Å²) < 4.78 is 0. The molecule has 0 saturated heterocycles. The number of benzene rings is 6. The van der Waals surface area contributed by atoms with Crippen LogP contribution in [0.4, 0.5) is 0 Å². The first-order chi connectivity index (χ1) is 24.2. The average molecular weight is 629 g/mol. The molecule has 0 atom stereocenters. The number of aromatic nitrogens is 3. The Morgan fingerprint density at radius 3 is 1.65 bits per heavy atom. The summed E-state index contributed by atoms with van der Waals surface area (Å²) in [5.41, 5.74) is 13.7. The Balaban J connectivity index is 1.20. The normalized spacial score (nSPS) is 13.9. The predicted octanol–water partition coefficient (Wildman–Crippen LogP) is 10.9. The summed E-state index contributed by atoms with van der Waals surface area (Å²) in [6.07, 6.45) is 4.66. The lowest BCUT2D eigenvalue weighted by atomic mass is 9.73. The summed E-state index contributed by atoms with van der Waals surface area (Å²) in [5, 5.41) is 9.42. The van der Waals surface area contributed by atoms with Crippen LogP contribution < -0.4 is 0 Å². The van der Waals surface area contributed by atoms with Crippen molar-refractivity contribution in [3.63, 3.8) is 0 Å². The van der Waals surface area contributed by atoms with Crippen molar-refractivity contribution in [1.29, 1.82) is 5.26 Å². The molecule has 4 heteroatoms. The molecule has 6 aromatic carbocycles. The van der Waals surface area contributed by atoms with Crippen LogP contribution in [-0.2, 0) is 5.41 Å². The van der Waals surface area contributed by atoms with Gasteiger partial charge >= 0.3 is 0 Å². The molecule has 7 aromatic rings. The summed E-state index contributed by atoms with van der Waals surface area (Å²) in [4.78, 5) is 15.1. The van der Waals surface area contributed by atoms with E-state index in [-0.39, 0.29) is 5.41 Å². The molecule has 1 saturated carbocycles. The number of nitriles is 1. The summed E-state index contributed by atoms with van der Waals surface area (Å²) in [7, 11) is 0. The van der Waals surface area contributed by atoms with Crippen LogP contribution in [0.25, 0.3) is 67.5 Å². The second kappa shape index (κ2) is 11.8. The van der Waals surface area contributed by atoms with Crippen LogP contribution in [0.1, 0.15) is 42.4 Å². The van der Waals surface area contributed by atoms with Gasteiger partial charge in [0.2, 0.25) is 0 Å². The molecule has 0 amide bonds. The maximum Gasteiger partial charge on any atom is 0.164 e. The smallest absolute Gasteiger partial charge is 0.164 e. The van der Waals surface area contributed by atoms with Gasteiger partial charge in [-0.05, 0) is 75.5 Å². The van der Waals surface area contributed by atoms with E-state index < -0.39 is 0 Å². The molecule has 1 aromatic heterocycles. The van der Waals surface area contributed by atoms with Gasteiger partial charge in [0.1, 0.15) is 0 Å². The fourth-order valence-electron chi connectivity index (χ4n) is 8.09. The molecule has 2 aliphatic carbocycles. The van der Waals surface area contributed by atoms with Crippen LogP contribution >= 0.6 is 0 Å². The van der Waals surface area contributed by atoms with Gasteiger partial charge in [-0.3, -0.25) is 0 Å². The van der Waals surface area contributed by atoms with Crippen molar-refractivity contribution in [1.82, 2.24) is 15.0 Å². The van der Waals surface area contributed by atoms with Crippen molar-refractivity contribution >= 4 is 0 Å². The quantitative estimate of drug-likeness (QED) is 0.190. The average Bonchev–Trinajstić information content (AvgIpc) is 3.79. The Hall–Kier alpha value is -6.18. The predicted molar refractivity (Wildman–Crippen MR) is 196 cm³/mol. The van der Waals surface area contributed by atoms with Crippen molar-refractivity contribution in [2.45, 2.75) is 31.1 Å². The number of fused-ring (bicyclic) bond motifs is 5. The van der Waals surface area contributed by atoms with Crippen molar-refractivity contribution < 1.29 is 0 Å². The van der Waals surface area contributed by atoms with E-state index in [4.69, 9.17) is 15.0 Å². The van der Waals surface area contributed by atoms with E-state index in [1.807, 2.05) is 72.8 Å². The maximum absolute atomic E-state index is 9.42. The van der Waals surface area contributed by atoms with Gasteiger partial charge in [-0.2, -0.15) is 5.26 Å². The Kier molecular flexibility index (Phi) is 6.99. The number of hydrogen-bond donors (Lipinski definition) is 0. The SMILES string of the molecule is N#Cc1ccc(-c2cccc3c2C2(CCCC2)c2cc(-c4ccccc4-c4nc(-c5ccccc5)nc(-c5ccccc5)n4)ccc2-3)cc1. The molecule has 9 rings (SSSR count). The zero-order valence-electron chi connectivity index (χ0n) is 27.0. The highest BCUT2D eigenvalue weighted by Gasteiger charge is 2.46. The van der Waals surface area contributed by atoms with Crippen LogP contribution in [0.5, 0.6) is 0 Å². The largest absolute Gasteiger partial charge is 0.208 e. The lowest BCUT2D eigenvalue weighted by Crippen LogP contribution is -2.21. The third-order valence-corrected chi connectivity index (χ3v) is 10.3. The molecule has 0 radical (unpaired) electrons. The van der Waals surface area contributed by atoms with E-state index in [1.165, 1.54) is 46.2 Å². The van der Waals surface area contributed by atoms with Crippen molar-refractivity contribution in [2.75, 3.05) is 0 Å². The fraction of sp³-hybridized carbons (Fsp3) is 0.111. The second-order valence-electron chi connectivity index (χ2n) is 13.1. The first-order valence-electron chi connectivity index (χ1n) is 17.0. The lowest BCUT2D eigenvalue weighted by molar-refractivity contribution is 0.551. The van der Waals surface area contributed by atoms with E-state index in [9.17, 15) is 5.26 Å². The minimum absolute atomic E-state index is 0.0474. The first kappa shape index (κ1) is 29.0. The first-order valence-corrected chi connectivity index (χ1v) is 17.0. The topological polar surface area (TPSA) is 62.5 Å². The number of rotatable bonds is 5. The molecule has 4 nitrogen and oxygen atoms in total. The van der Waals surface area contributed by atoms with Gasteiger partial charge in [0, 0.05) is 22.1 Å². The Bertz CT molecular complexity index is 2330. The van der Waals surface area contributed by atoms with Gasteiger partial charge < -0.3 is 0 Å². The Morgan fingerprint density at radius 1 is 0.449 bits per heavy atom. The summed E-state index contributed by atoms with van der Waals surface area (Å²) in [6, 6.07) is 52.9. The molecule has 232 valence electrons. The van der Waals surface area contributed by atoms with Crippen LogP contribution in [0.2, 0.25) is 0 Å². The third-order valence-electron chi connectivity index (χ3n) is 10.3. The van der Waals surface area contributed by atoms with Crippen molar-refractivity contribution in [2.24, 2.45) is 0 Å². The fourth-order valence-corrected chi connectivity index (χ4v) is 8.09. The minimum Gasteiger partial charge on any atom is -0.208 e. The standard InChI is InChI=1S/C45H32N4/c46-29-30-20-22-31(23-21-30)36-18-11-19-38-37-25-24-34(28-40(37)45(41(36)38)26-9-10-27-45)35-16-7-8-17-39(35)44-48-42(32-12-3-1-4-13-32)47-43(49-44)33-14-5-2-6-15-33/h1-8,11-25,28H,9-10,26-27H2. The van der Waals surface area contributed by atoms with Gasteiger partial charge in [-0.1, -0.05) is 140 Å². The van der Waals surface area contributed by atoms with Gasteiger partial charge in [0.15, 0.2) is 17.5 Å². The molecule has 0 N–H and O–H groups in total. The molecule has 2 aliphatic rings. The van der Waals surface area contributed by atoms with E-state index in [0.717, 1.165) is 40.7 Å². The molecule has 49 heavy (non-hydrogen) atoms. The van der Waals surface area contributed by atoms with Gasteiger partial charge in [-0.15, -0.1) is 0 Å². The third kappa shape index (κ3) is 4.86. The number of hydrogen-bond acceptors (Lipinski definition) is 4.